The van der Waals surface area contributed by atoms with Crippen LogP contribution in [0.2, 0.25) is 0 Å². The zero-order chi connectivity index (χ0) is 15.9. The maximum Gasteiger partial charge on any atom is 0.279 e. The summed E-state index contributed by atoms with van der Waals surface area (Å²) in [4.78, 5) is 26.9. The van der Waals surface area contributed by atoms with E-state index in [-0.39, 0.29) is 11.4 Å². The van der Waals surface area contributed by atoms with Crippen LogP contribution in [0.3, 0.4) is 0 Å². The Morgan fingerprint density at radius 1 is 1.45 bits per heavy atom. The number of fused-ring (bicyclic) bond motifs is 1. The average molecular weight is 319 g/mol. The predicted octanol–water partition coefficient (Wildman–Crippen LogP) is 2.49. The van der Waals surface area contributed by atoms with E-state index in [1.807, 2.05) is 19.9 Å². The van der Waals surface area contributed by atoms with Gasteiger partial charge in [-0.3, -0.25) is 14.6 Å². The molecule has 1 amide bonds. The van der Waals surface area contributed by atoms with Crippen molar-refractivity contribution in [2.75, 3.05) is 20.8 Å². The Morgan fingerprint density at radius 2 is 2.23 bits per heavy atom. The summed E-state index contributed by atoms with van der Waals surface area (Å²) in [6.07, 6.45) is 3.30. The molecule has 2 aromatic rings. The molecule has 0 aliphatic carbocycles. The van der Waals surface area contributed by atoms with Gasteiger partial charge in [-0.15, -0.1) is 11.3 Å². The molecule has 1 aliphatic rings. The van der Waals surface area contributed by atoms with Crippen molar-refractivity contribution in [2.24, 2.45) is 4.99 Å². The Morgan fingerprint density at radius 3 is 2.86 bits per heavy atom. The van der Waals surface area contributed by atoms with Gasteiger partial charge in [-0.05, 0) is 19.9 Å². The molecular weight excluding hydrogens is 302 g/mol. The highest BCUT2D eigenvalue weighted by Gasteiger charge is 2.28. The Balaban J connectivity index is 2.06. The number of carbonyl (C=O) groups excluding carboxylic acids is 1. The number of hydrogen-bond donors (Lipinski definition) is 0. The number of thiophene rings is 1. The molecule has 0 bridgehead atoms. The van der Waals surface area contributed by atoms with Crippen molar-refractivity contribution < 1.29 is 14.4 Å². The van der Waals surface area contributed by atoms with Gasteiger partial charge in [-0.1, -0.05) is 0 Å². The molecule has 3 rings (SSSR count). The molecular formula is C15H17N3O3S. The van der Waals surface area contributed by atoms with Gasteiger partial charge in [-0.2, -0.15) is 0 Å². The molecule has 0 N–H and O–H groups in total. The Labute approximate surface area is 132 Å². The SMILES string of the molecule is CON(C)C(=O)c1cncc2sc(C3=NC(C)(C)CO3)cc12. The van der Waals surface area contributed by atoms with Crippen LogP contribution in [-0.4, -0.2) is 48.2 Å². The molecule has 0 saturated heterocycles. The van der Waals surface area contributed by atoms with E-state index in [1.54, 1.807) is 19.4 Å². The van der Waals surface area contributed by atoms with Gasteiger partial charge in [0.15, 0.2) is 0 Å². The second kappa shape index (κ2) is 5.33. The Hall–Kier alpha value is -1.99. The summed E-state index contributed by atoms with van der Waals surface area (Å²) in [5, 5.41) is 2.01. The van der Waals surface area contributed by atoms with Crippen LogP contribution in [0.5, 0.6) is 0 Å². The van der Waals surface area contributed by atoms with Gasteiger partial charge in [-0.25, -0.2) is 10.1 Å². The first-order valence-corrected chi connectivity index (χ1v) is 7.66. The smallest absolute Gasteiger partial charge is 0.279 e. The normalized spacial score (nSPS) is 16.5. The number of aliphatic imine (C=N–C) groups is 1. The number of hydroxylamine groups is 2. The number of hydrogen-bond acceptors (Lipinski definition) is 6. The zero-order valence-corrected chi connectivity index (χ0v) is 13.7. The van der Waals surface area contributed by atoms with Gasteiger partial charge in [0, 0.05) is 24.8 Å². The third kappa shape index (κ3) is 2.57. The van der Waals surface area contributed by atoms with Crippen molar-refractivity contribution in [3.8, 4) is 0 Å². The zero-order valence-electron chi connectivity index (χ0n) is 12.9. The lowest BCUT2D eigenvalue weighted by molar-refractivity contribution is -0.0755. The predicted molar refractivity (Wildman–Crippen MR) is 85.3 cm³/mol. The Kier molecular flexibility index (Phi) is 3.62. The van der Waals surface area contributed by atoms with Gasteiger partial charge in [0.2, 0.25) is 5.90 Å². The molecule has 2 aromatic heterocycles. The van der Waals surface area contributed by atoms with E-state index in [2.05, 4.69) is 9.98 Å². The first-order chi connectivity index (χ1) is 10.4. The third-order valence-electron chi connectivity index (χ3n) is 3.41. The van der Waals surface area contributed by atoms with Gasteiger partial charge in [0.1, 0.15) is 6.61 Å². The molecule has 0 fully saturated rings. The van der Waals surface area contributed by atoms with Crippen LogP contribution in [0.1, 0.15) is 29.1 Å². The number of carbonyl (C=O) groups is 1. The van der Waals surface area contributed by atoms with Crippen LogP contribution in [0.15, 0.2) is 23.5 Å². The Bertz CT molecular complexity index is 766. The van der Waals surface area contributed by atoms with Crippen molar-refractivity contribution >= 4 is 33.2 Å². The topological polar surface area (TPSA) is 64.0 Å². The van der Waals surface area contributed by atoms with Crippen LogP contribution in [0.4, 0.5) is 0 Å². The first-order valence-electron chi connectivity index (χ1n) is 6.84. The van der Waals surface area contributed by atoms with Gasteiger partial charge in [0.05, 0.1) is 27.8 Å². The van der Waals surface area contributed by atoms with E-state index in [0.717, 1.165) is 15.0 Å². The lowest BCUT2D eigenvalue weighted by Gasteiger charge is -2.13. The first kappa shape index (κ1) is 14.9. The lowest BCUT2D eigenvalue weighted by Crippen LogP contribution is -2.25. The summed E-state index contributed by atoms with van der Waals surface area (Å²) >= 11 is 1.52. The maximum atomic E-state index is 12.3. The molecule has 1 aliphatic heterocycles. The number of nitrogens with zero attached hydrogens (tertiary/aromatic N) is 3. The second-order valence-corrected chi connectivity index (χ2v) is 6.80. The molecule has 0 unspecified atom stereocenters. The van der Waals surface area contributed by atoms with E-state index in [0.29, 0.717) is 18.1 Å². The summed E-state index contributed by atoms with van der Waals surface area (Å²) in [6, 6.07) is 1.93. The number of amides is 1. The molecule has 0 spiro atoms. The lowest BCUT2D eigenvalue weighted by atomic mass is 10.1. The fraction of sp³-hybridized carbons (Fsp3) is 0.400. The van der Waals surface area contributed by atoms with Gasteiger partial charge < -0.3 is 4.74 Å². The van der Waals surface area contributed by atoms with Crippen LogP contribution in [0, 0.1) is 0 Å². The number of rotatable bonds is 3. The number of pyridine rings is 1. The fourth-order valence-corrected chi connectivity index (χ4v) is 3.20. The molecule has 0 aromatic carbocycles. The highest BCUT2D eigenvalue weighted by molar-refractivity contribution is 7.20. The van der Waals surface area contributed by atoms with E-state index in [9.17, 15) is 4.79 Å². The third-order valence-corrected chi connectivity index (χ3v) is 4.47. The second-order valence-electron chi connectivity index (χ2n) is 5.71. The molecule has 3 heterocycles. The highest BCUT2D eigenvalue weighted by Crippen LogP contribution is 2.31. The van der Waals surface area contributed by atoms with E-state index in [4.69, 9.17) is 9.57 Å². The molecule has 116 valence electrons. The number of aromatic nitrogens is 1. The maximum absolute atomic E-state index is 12.3. The quantitative estimate of drug-likeness (QED) is 0.815. The van der Waals surface area contributed by atoms with E-state index < -0.39 is 0 Å². The monoisotopic (exact) mass is 319 g/mol. The van der Waals surface area contributed by atoms with Crippen LogP contribution >= 0.6 is 11.3 Å². The van der Waals surface area contributed by atoms with E-state index in [1.165, 1.54) is 23.5 Å². The molecule has 0 radical (unpaired) electrons. The van der Waals surface area contributed by atoms with Crippen molar-refractivity contribution in [3.05, 3.63) is 28.9 Å². The van der Waals surface area contributed by atoms with E-state index >= 15 is 0 Å². The fourth-order valence-electron chi connectivity index (χ4n) is 2.20. The minimum Gasteiger partial charge on any atom is -0.474 e. The van der Waals surface area contributed by atoms with Crippen LogP contribution in [-0.2, 0) is 9.57 Å². The summed E-state index contributed by atoms with van der Waals surface area (Å²) < 4.78 is 6.59. The summed E-state index contributed by atoms with van der Waals surface area (Å²) in [6.45, 7) is 4.61. The van der Waals surface area contributed by atoms with Crippen molar-refractivity contribution in [1.29, 1.82) is 0 Å². The molecule has 0 saturated carbocycles. The standard InChI is InChI=1S/C15H17N3O3S/c1-15(2)8-21-13(17-15)11-5-9-10(14(19)18(3)20-4)6-16-7-12(9)22-11/h5-7H,8H2,1-4H3. The summed E-state index contributed by atoms with van der Waals surface area (Å²) in [5.41, 5.74) is 0.292. The molecule has 7 heteroatoms. The van der Waals surface area contributed by atoms with Gasteiger partial charge in [0.25, 0.3) is 5.91 Å². The molecule has 0 atom stereocenters. The summed E-state index contributed by atoms with van der Waals surface area (Å²) in [5.74, 6) is 0.393. The van der Waals surface area contributed by atoms with Crippen molar-refractivity contribution in [2.45, 2.75) is 19.4 Å². The van der Waals surface area contributed by atoms with Crippen molar-refractivity contribution in [3.63, 3.8) is 0 Å². The van der Waals surface area contributed by atoms with Crippen LogP contribution in [0.25, 0.3) is 10.1 Å². The highest BCUT2D eigenvalue weighted by atomic mass is 32.1. The minimum absolute atomic E-state index is 0.210. The molecule has 6 nitrogen and oxygen atoms in total. The average Bonchev–Trinajstić information content (AvgIpc) is 3.08. The summed E-state index contributed by atoms with van der Waals surface area (Å²) in [7, 11) is 3.02. The minimum atomic E-state index is -0.237. The largest absolute Gasteiger partial charge is 0.474 e. The van der Waals surface area contributed by atoms with Crippen LogP contribution < -0.4 is 0 Å². The molecule has 22 heavy (non-hydrogen) atoms. The van der Waals surface area contributed by atoms with Crippen molar-refractivity contribution in [1.82, 2.24) is 10.0 Å². The number of ether oxygens (including phenoxy) is 1. The van der Waals surface area contributed by atoms with Gasteiger partial charge >= 0.3 is 0 Å².